The molecule has 0 fully saturated rings. The molecule has 0 heterocycles. The molecule has 0 aliphatic carbocycles. The van der Waals surface area contributed by atoms with Crippen molar-refractivity contribution in [3.63, 3.8) is 0 Å². The van der Waals surface area contributed by atoms with E-state index in [4.69, 9.17) is 19.3 Å². The molecule has 0 radical (unpaired) electrons. The number of ether oxygens (including phenoxy) is 2. The van der Waals surface area contributed by atoms with Crippen LogP contribution in [0.4, 0.5) is 0 Å². The fourth-order valence-electron chi connectivity index (χ4n) is 4.37. The van der Waals surface area contributed by atoms with Gasteiger partial charge < -0.3 is 24.4 Å². The Morgan fingerprint density at radius 1 is 0.702 bits per heavy atom. The lowest BCUT2D eigenvalue weighted by molar-refractivity contribution is -0.161. The molecule has 2 atom stereocenters. The van der Waals surface area contributed by atoms with E-state index in [0.717, 1.165) is 44.4 Å². The number of carbonyl (C=O) groups excluding carboxylic acids is 2. The maximum Gasteiger partial charge on any atom is 0.469 e. The summed E-state index contributed by atoms with van der Waals surface area (Å²) in [6.07, 6.45) is 33.4. The Labute approximate surface area is 284 Å². The van der Waals surface area contributed by atoms with Crippen LogP contribution in [0.15, 0.2) is 60.8 Å². The monoisotopic (exact) mass is 682 g/mol. The Morgan fingerprint density at radius 2 is 1.26 bits per heavy atom. The summed E-state index contributed by atoms with van der Waals surface area (Å²) in [5, 5.41) is 9.43. The molecular formula is C37H63O9P. The summed E-state index contributed by atoms with van der Waals surface area (Å²) < 4.78 is 26.2. The quantitative estimate of drug-likeness (QED) is 0.0223. The topological polar surface area (TPSA) is 140 Å². The van der Waals surface area contributed by atoms with Gasteiger partial charge in [-0.15, -0.1) is 0 Å². The molecule has 270 valence electrons. The number of unbranched alkanes of at least 4 members (excludes halogenated alkanes) is 8. The lowest BCUT2D eigenvalue weighted by Crippen LogP contribution is -2.29. The summed E-state index contributed by atoms with van der Waals surface area (Å²) in [7, 11) is -4.77. The van der Waals surface area contributed by atoms with Crippen LogP contribution in [0.25, 0.3) is 0 Å². The van der Waals surface area contributed by atoms with E-state index in [1.54, 1.807) is 6.08 Å². The zero-order chi connectivity index (χ0) is 35.0. The van der Waals surface area contributed by atoms with Crippen molar-refractivity contribution in [2.45, 2.75) is 142 Å². The van der Waals surface area contributed by atoms with Crippen molar-refractivity contribution in [2.24, 2.45) is 5.92 Å². The molecule has 0 rings (SSSR count). The van der Waals surface area contributed by atoms with Crippen LogP contribution in [-0.2, 0) is 28.2 Å². The van der Waals surface area contributed by atoms with Crippen LogP contribution < -0.4 is 0 Å². The van der Waals surface area contributed by atoms with E-state index in [1.165, 1.54) is 32.1 Å². The molecule has 9 nitrogen and oxygen atoms in total. The van der Waals surface area contributed by atoms with E-state index >= 15 is 0 Å². The largest absolute Gasteiger partial charge is 0.469 e. The first kappa shape index (κ1) is 44.7. The standard InChI is InChI=1S/C37H63O9P/c1-4-34(38)28-24-20-16-11-9-7-5-6-8-10-12-18-22-26-30-37(40)46-35(32-45-47(41,42)43)31-44-36(39)29-25-21-17-14-13-15-19-23-27-33(2)3/h6-9,12,16,18,20,24,28,33-35,38H,4-5,10-11,13-15,17,19,21-23,25-27,29-32H2,1-3H3,(H2,41,42,43)/b8-6-,9-7-,18-12-,20-16-,28-24+/t34-,35-/m1/s1. The highest BCUT2D eigenvalue weighted by atomic mass is 31.2. The lowest BCUT2D eigenvalue weighted by atomic mass is 10.0. The molecule has 0 aromatic carbocycles. The van der Waals surface area contributed by atoms with Crippen LogP contribution >= 0.6 is 7.82 Å². The zero-order valence-corrected chi connectivity index (χ0v) is 30.1. The highest BCUT2D eigenvalue weighted by Crippen LogP contribution is 2.35. The van der Waals surface area contributed by atoms with Gasteiger partial charge in [0.15, 0.2) is 6.10 Å². The van der Waals surface area contributed by atoms with Gasteiger partial charge in [-0.2, -0.15) is 0 Å². The number of allylic oxidation sites excluding steroid dienone is 9. The Hall–Kier alpha value is -2.29. The normalized spacial score (nSPS) is 14.0. The van der Waals surface area contributed by atoms with E-state index in [0.29, 0.717) is 25.7 Å². The van der Waals surface area contributed by atoms with Gasteiger partial charge in [0, 0.05) is 12.8 Å². The minimum atomic E-state index is -4.77. The number of phosphoric acid groups is 1. The van der Waals surface area contributed by atoms with E-state index in [9.17, 15) is 19.3 Å². The summed E-state index contributed by atoms with van der Waals surface area (Å²) in [4.78, 5) is 42.5. The van der Waals surface area contributed by atoms with Gasteiger partial charge in [-0.3, -0.25) is 14.1 Å². The van der Waals surface area contributed by atoms with Gasteiger partial charge in [0.2, 0.25) is 0 Å². The molecule has 0 aliphatic heterocycles. The molecule has 0 aliphatic rings. The van der Waals surface area contributed by atoms with Crippen LogP contribution in [0, 0.1) is 5.92 Å². The first-order valence-electron chi connectivity index (χ1n) is 17.5. The van der Waals surface area contributed by atoms with E-state index in [1.807, 2.05) is 37.3 Å². The SMILES string of the molecule is CC[C@@H](O)/C=C/C=C\C/C=C\C/C=C\C/C=C\CCCC(=O)O[C@H](COC(=O)CCCCCCCCCCC(C)C)COP(=O)(O)O. The fourth-order valence-corrected chi connectivity index (χ4v) is 4.73. The fraction of sp³-hybridized carbons (Fsp3) is 0.676. The number of esters is 2. The van der Waals surface area contributed by atoms with Gasteiger partial charge in [0.1, 0.15) is 6.61 Å². The van der Waals surface area contributed by atoms with Crippen molar-refractivity contribution in [1.82, 2.24) is 0 Å². The molecule has 3 N–H and O–H groups in total. The summed E-state index contributed by atoms with van der Waals surface area (Å²) in [6, 6.07) is 0. The number of hydrogen-bond donors (Lipinski definition) is 3. The van der Waals surface area contributed by atoms with Crippen molar-refractivity contribution >= 4 is 19.8 Å². The molecule has 10 heteroatoms. The van der Waals surface area contributed by atoms with Crippen LogP contribution in [0.3, 0.4) is 0 Å². The smallest absolute Gasteiger partial charge is 0.462 e. The Bertz CT molecular complexity index is 978. The first-order chi connectivity index (χ1) is 22.5. The van der Waals surface area contributed by atoms with Crippen LogP contribution in [-0.4, -0.2) is 52.3 Å². The van der Waals surface area contributed by atoms with E-state index < -0.39 is 32.5 Å². The number of hydrogen-bond acceptors (Lipinski definition) is 7. The molecule has 47 heavy (non-hydrogen) atoms. The number of aliphatic hydroxyl groups excluding tert-OH is 1. The number of phosphoric ester groups is 1. The van der Waals surface area contributed by atoms with Gasteiger partial charge in [-0.05, 0) is 50.9 Å². The maximum absolute atomic E-state index is 12.3. The molecule has 0 aromatic heterocycles. The first-order valence-corrected chi connectivity index (χ1v) is 19.1. The van der Waals surface area contributed by atoms with Crippen molar-refractivity contribution in [3.8, 4) is 0 Å². The van der Waals surface area contributed by atoms with Crippen LogP contribution in [0.2, 0.25) is 0 Å². The summed E-state index contributed by atoms with van der Waals surface area (Å²) >= 11 is 0. The number of carbonyl (C=O) groups is 2. The molecule has 0 unspecified atom stereocenters. The molecule has 0 spiro atoms. The van der Waals surface area contributed by atoms with Crippen molar-refractivity contribution < 1.29 is 43.0 Å². The second-order valence-electron chi connectivity index (χ2n) is 12.1. The average molecular weight is 683 g/mol. The van der Waals surface area contributed by atoms with Crippen molar-refractivity contribution in [3.05, 3.63) is 60.8 Å². The second kappa shape index (κ2) is 31.0. The molecule has 0 saturated carbocycles. The number of rotatable bonds is 30. The average Bonchev–Trinajstić information content (AvgIpc) is 3.02. The molecule has 0 aromatic rings. The predicted octanol–water partition coefficient (Wildman–Crippen LogP) is 9.00. The molecule has 0 bridgehead atoms. The van der Waals surface area contributed by atoms with Crippen LogP contribution in [0.5, 0.6) is 0 Å². The highest BCUT2D eigenvalue weighted by molar-refractivity contribution is 7.46. The van der Waals surface area contributed by atoms with Crippen molar-refractivity contribution in [2.75, 3.05) is 13.2 Å². The van der Waals surface area contributed by atoms with Gasteiger partial charge in [-0.25, -0.2) is 4.57 Å². The summed E-state index contributed by atoms with van der Waals surface area (Å²) in [5.41, 5.74) is 0. The maximum atomic E-state index is 12.3. The summed E-state index contributed by atoms with van der Waals surface area (Å²) in [5.74, 6) is -0.215. The third-order valence-corrected chi connectivity index (χ3v) is 7.62. The number of aliphatic hydroxyl groups is 1. The Kier molecular flexibility index (Phi) is 29.5. The Morgan fingerprint density at radius 3 is 1.85 bits per heavy atom. The van der Waals surface area contributed by atoms with Gasteiger partial charge in [-0.1, -0.05) is 133 Å². The van der Waals surface area contributed by atoms with Crippen LogP contribution in [0.1, 0.15) is 130 Å². The molecule has 0 saturated heterocycles. The second-order valence-corrected chi connectivity index (χ2v) is 13.4. The summed E-state index contributed by atoms with van der Waals surface area (Å²) in [6.45, 7) is 5.55. The minimum Gasteiger partial charge on any atom is -0.462 e. The predicted molar refractivity (Wildman–Crippen MR) is 190 cm³/mol. The third-order valence-electron chi connectivity index (χ3n) is 7.14. The Balaban J connectivity index is 4.16. The minimum absolute atomic E-state index is 0.118. The zero-order valence-electron chi connectivity index (χ0n) is 29.2. The third kappa shape index (κ3) is 34.9. The molecular weight excluding hydrogens is 619 g/mol. The van der Waals surface area contributed by atoms with Gasteiger partial charge in [0.05, 0.1) is 12.7 Å². The highest BCUT2D eigenvalue weighted by Gasteiger charge is 2.22. The van der Waals surface area contributed by atoms with Crippen molar-refractivity contribution in [1.29, 1.82) is 0 Å². The lowest BCUT2D eigenvalue weighted by Gasteiger charge is -2.18. The van der Waals surface area contributed by atoms with Gasteiger partial charge in [0.25, 0.3) is 0 Å². The molecule has 0 amide bonds. The van der Waals surface area contributed by atoms with E-state index in [-0.39, 0.29) is 25.6 Å². The van der Waals surface area contributed by atoms with E-state index in [2.05, 4.69) is 42.7 Å². The van der Waals surface area contributed by atoms with Gasteiger partial charge >= 0.3 is 19.8 Å².